The number of hydrogen-bond acceptors (Lipinski definition) is 7. The van der Waals surface area contributed by atoms with Crippen molar-refractivity contribution < 1.29 is 13.2 Å². The quantitative estimate of drug-likeness (QED) is 0.655. The lowest BCUT2D eigenvalue weighted by atomic mass is 10.2. The number of sulfonamides is 1. The van der Waals surface area contributed by atoms with Gasteiger partial charge < -0.3 is 15.4 Å². The van der Waals surface area contributed by atoms with E-state index in [0.29, 0.717) is 43.2 Å². The Balaban J connectivity index is 1.67. The van der Waals surface area contributed by atoms with E-state index in [4.69, 9.17) is 10.5 Å². The molecule has 2 aliphatic rings. The fraction of sp³-hybridized carbons (Fsp3) is 0.545. The van der Waals surface area contributed by atoms with Gasteiger partial charge in [0.1, 0.15) is 5.69 Å². The molecule has 1 aliphatic carbocycles. The Labute approximate surface area is 188 Å². The second kappa shape index (κ2) is 9.11. The molecule has 9 nitrogen and oxygen atoms in total. The molecule has 0 unspecified atom stereocenters. The molecule has 4 rings (SSSR count). The lowest BCUT2D eigenvalue weighted by Gasteiger charge is -2.36. The van der Waals surface area contributed by atoms with Crippen molar-refractivity contribution in [2.75, 3.05) is 36.8 Å². The van der Waals surface area contributed by atoms with E-state index in [1.807, 2.05) is 4.90 Å². The van der Waals surface area contributed by atoms with Crippen LogP contribution in [0.25, 0.3) is 5.69 Å². The normalized spacial score (nSPS) is 18.4. The Morgan fingerprint density at radius 2 is 1.72 bits per heavy atom. The highest BCUT2D eigenvalue weighted by Crippen LogP contribution is 2.31. The molecule has 10 heteroatoms. The molecule has 0 spiro atoms. The summed E-state index contributed by atoms with van der Waals surface area (Å²) in [5.41, 5.74) is 7.29. The highest BCUT2D eigenvalue weighted by atomic mass is 32.2. The summed E-state index contributed by atoms with van der Waals surface area (Å²) in [6, 6.07) is 7.08. The molecule has 2 fully saturated rings. The molecule has 1 saturated carbocycles. The van der Waals surface area contributed by atoms with Crippen LogP contribution in [0, 0.1) is 0 Å². The zero-order valence-electron chi connectivity index (χ0n) is 18.6. The average Bonchev–Trinajstić information content (AvgIpc) is 3.29. The van der Waals surface area contributed by atoms with Crippen LogP contribution in [0.4, 0.5) is 11.4 Å². The number of anilines is 2. The SMILES string of the molecule is CC(C)S(=O)(=O)N1CCN(c2cnn(-c3ccccc3N)c(=O)c2OC2CCCC2)CC1. The summed E-state index contributed by atoms with van der Waals surface area (Å²) in [6.07, 6.45) is 5.61. The molecule has 1 aromatic carbocycles. The fourth-order valence-electron chi connectivity index (χ4n) is 4.27. The van der Waals surface area contributed by atoms with E-state index in [1.165, 1.54) is 8.99 Å². The van der Waals surface area contributed by atoms with Gasteiger partial charge in [0.2, 0.25) is 15.8 Å². The lowest BCUT2D eigenvalue weighted by molar-refractivity contribution is 0.205. The van der Waals surface area contributed by atoms with Gasteiger partial charge in [0, 0.05) is 26.2 Å². The van der Waals surface area contributed by atoms with E-state index in [2.05, 4.69) is 5.10 Å². The van der Waals surface area contributed by atoms with Gasteiger partial charge in [-0.2, -0.15) is 14.1 Å². The number of benzene rings is 1. The number of piperazine rings is 1. The first-order chi connectivity index (χ1) is 15.3. The number of para-hydroxylation sites is 2. The van der Waals surface area contributed by atoms with Crippen LogP contribution in [0.3, 0.4) is 0 Å². The monoisotopic (exact) mass is 461 g/mol. The molecule has 0 radical (unpaired) electrons. The predicted molar refractivity (Wildman–Crippen MR) is 125 cm³/mol. The van der Waals surface area contributed by atoms with Gasteiger partial charge >= 0.3 is 5.56 Å². The number of hydrogen-bond donors (Lipinski definition) is 1. The summed E-state index contributed by atoms with van der Waals surface area (Å²) in [6.45, 7) is 5.02. The Morgan fingerprint density at radius 3 is 2.34 bits per heavy atom. The van der Waals surface area contributed by atoms with Crippen LogP contribution in [-0.2, 0) is 10.0 Å². The van der Waals surface area contributed by atoms with Crippen LogP contribution in [-0.4, -0.2) is 60.0 Å². The maximum absolute atomic E-state index is 13.5. The van der Waals surface area contributed by atoms with Crippen molar-refractivity contribution in [3.8, 4) is 11.4 Å². The smallest absolute Gasteiger partial charge is 0.316 e. The van der Waals surface area contributed by atoms with Crippen molar-refractivity contribution in [3.63, 3.8) is 0 Å². The van der Waals surface area contributed by atoms with Crippen molar-refractivity contribution in [3.05, 3.63) is 40.8 Å². The van der Waals surface area contributed by atoms with Gasteiger partial charge in [0.25, 0.3) is 0 Å². The highest BCUT2D eigenvalue weighted by Gasteiger charge is 2.32. The van der Waals surface area contributed by atoms with Crippen molar-refractivity contribution in [1.29, 1.82) is 0 Å². The molecule has 2 heterocycles. The summed E-state index contributed by atoms with van der Waals surface area (Å²) in [7, 11) is -3.31. The van der Waals surface area contributed by atoms with E-state index in [-0.39, 0.29) is 17.4 Å². The average molecular weight is 462 g/mol. The van der Waals surface area contributed by atoms with Crippen molar-refractivity contribution >= 4 is 21.4 Å². The highest BCUT2D eigenvalue weighted by molar-refractivity contribution is 7.89. The first-order valence-corrected chi connectivity index (χ1v) is 12.7. The summed E-state index contributed by atoms with van der Waals surface area (Å²) >= 11 is 0. The maximum atomic E-state index is 13.5. The van der Waals surface area contributed by atoms with E-state index in [9.17, 15) is 13.2 Å². The van der Waals surface area contributed by atoms with E-state index in [1.54, 1.807) is 44.3 Å². The molecule has 1 saturated heterocycles. The standard InChI is InChI=1S/C22H31N5O4S/c1-16(2)32(29,30)26-13-11-25(12-14-26)20-15-24-27(19-10-6-5-9-18(19)23)22(28)21(20)31-17-7-3-4-8-17/h5-6,9-10,15-17H,3-4,7-8,11-14,23H2,1-2H3. The molecule has 0 amide bonds. The third kappa shape index (κ3) is 4.33. The largest absolute Gasteiger partial charge is 0.483 e. The van der Waals surface area contributed by atoms with Gasteiger partial charge in [-0.05, 0) is 51.7 Å². The fourth-order valence-corrected chi connectivity index (χ4v) is 5.54. The molecule has 2 aromatic rings. The zero-order chi connectivity index (χ0) is 22.9. The summed E-state index contributed by atoms with van der Waals surface area (Å²) in [4.78, 5) is 15.5. The van der Waals surface area contributed by atoms with E-state index < -0.39 is 15.3 Å². The molecular formula is C22H31N5O4S. The van der Waals surface area contributed by atoms with Crippen LogP contribution in [0.2, 0.25) is 0 Å². The van der Waals surface area contributed by atoms with Crippen LogP contribution in [0.15, 0.2) is 35.3 Å². The minimum atomic E-state index is -3.31. The summed E-state index contributed by atoms with van der Waals surface area (Å²) < 4.78 is 34.1. The summed E-state index contributed by atoms with van der Waals surface area (Å²) in [5.74, 6) is 0.260. The number of ether oxygens (including phenoxy) is 1. The van der Waals surface area contributed by atoms with Crippen molar-refractivity contribution in [1.82, 2.24) is 14.1 Å². The summed E-state index contributed by atoms with van der Waals surface area (Å²) in [5, 5.41) is 3.93. The number of aromatic nitrogens is 2. The predicted octanol–water partition coefficient (Wildman–Crippen LogP) is 2.00. The minimum absolute atomic E-state index is 0.00646. The molecule has 2 N–H and O–H groups in total. The Morgan fingerprint density at radius 1 is 1.06 bits per heavy atom. The van der Waals surface area contributed by atoms with Gasteiger partial charge in [-0.25, -0.2) is 8.42 Å². The molecule has 0 atom stereocenters. The third-order valence-electron chi connectivity index (χ3n) is 6.20. The molecule has 0 bridgehead atoms. The van der Waals surface area contributed by atoms with Crippen LogP contribution in [0.5, 0.6) is 5.75 Å². The Bertz CT molecular complexity index is 1120. The Hall–Kier alpha value is -2.59. The Kier molecular flexibility index (Phi) is 6.43. The molecular weight excluding hydrogens is 430 g/mol. The molecule has 1 aromatic heterocycles. The molecule has 1 aliphatic heterocycles. The lowest BCUT2D eigenvalue weighted by Crippen LogP contribution is -2.50. The second-order valence-corrected chi connectivity index (χ2v) is 11.1. The van der Waals surface area contributed by atoms with Gasteiger partial charge in [-0.1, -0.05) is 12.1 Å². The minimum Gasteiger partial charge on any atom is -0.483 e. The number of nitrogen functional groups attached to an aromatic ring is 1. The first kappa shape index (κ1) is 22.6. The van der Waals surface area contributed by atoms with E-state index >= 15 is 0 Å². The van der Waals surface area contributed by atoms with Gasteiger partial charge in [-0.15, -0.1) is 0 Å². The number of nitrogens with zero attached hydrogens (tertiary/aromatic N) is 4. The third-order valence-corrected chi connectivity index (χ3v) is 8.48. The van der Waals surface area contributed by atoms with Crippen LogP contribution in [0.1, 0.15) is 39.5 Å². The topological polar surface area (TPSA) is 111 Å². The molecule has 174 valence electrons. The first-order valence-electron chi connectivity index (χ1n) is 11.2. The van der Waals surface area contributed by atoms with Crippen LogP contribution < -0.4 is 20.9 Å². The van der Waals surface area contributed by atoms with E-state index in [0.717, 1.165) is 25.7 Å². The van der Waals surface area contributed by atoms with Crippen molar-refractivity contribution in [2.45, 2.75) is 50.9 Å². The van der Waals surface area contributed by atoms with Crippen molar-refractivity contribution in [2.24, 2.45) is 0 Å². The zero-order valence-corrected chi connectivity index (χ0v) is 19.4. The van der Waals surface area contributed by atoms with Gasteiger partial charge in [0.05, 0.1) is 28.9 Å². The van der Waals surface area contributed by atoms with Crippen LogP contribution >= 0.6 is 0 Å². The number of nitrogens with two attached hydrogens (primary N) is 1. The van der Waals surface area contributed by atoms with Gasteiger partial charge in [-0.3, -0.25) is 4.79 Å². The second-order valence-electron chi connectivity index (χ2n) is 8.64. The molecule has 32 heavy (non-hydrogen) atoms. The number of rotatable bonds is 6. The van der Waals surface area contributed by atoms with Gasteiger partial charge in [0.15, 0.2) is 0 Å². The maximum Gasteiger partial charge on any atom is 0.316 e.